The lowest BCUT2D eigenvalue weighted by atomic mass is 10.1. The van der Waals surface area contributed by atoms with Gasteiger partial charge in [0, 0.05) is 6.04 Å². The number of benzene rings is 1. The number of nitrogens with one attached hydrogen (secondary N) is 1. The number of anilines is 1. The van der Waals surface area contributed by atoms with Gasteiger partial charge in [0.1, 0.15) is 4.90 Å². The molecule has 0 bridgehead atoms. The van der Waals surface area contributed by atoms with Crippen LogP contribution in [-0.2, 0) is 10.0 Å². The first kappa shape index (κ1) is 15.5. The summed E-state index contributed by atoms with van der Waals surface area (Å²) < 4.78 is 26.7. The molecule has 7 heteroatoms. The highest BCUT2D eigenvalue weighted by molar-refractivity contribution is 7.89. The van der Waals surface area contributed by atoms with Gasteiger partial charge in [0.25, 0.3) is 0 Å². The van der Waals surface area contributed by atoms with E-state index in [2.05, 4.69) is 4.72 Å². The predicted octanol–water partition coefficient (Wildman–Crippen LogP) is 1.29. The largest absolute Gasteiger partial charge is 0.478 e. The molecule has 106 valence electrons. The molecular weight excluding hydrogens is 268 g/mol. The maximum atomic E-state index is 12.1. The summed E-state index contributed by atoms with van der Waals surface area (Å²) in [6, 6.07) is 3.31. The molecule has 0 aliphatic rings. The molecule has 1 aromatic rings. The fraction of sp³-hybridized carbons (Fsp3) is 0.417. The number of hydrogen-bond acceptors (Lipinski definition) is 4. The summed E-state index contributed by atoms with van der Waals surface area (Å²) >= 11 is 0. The molecule has 0 spiro atoms. The average molecular weight is 286 g/mol. The van der Waals surface area contributed by atoms with Gasteiger partial charge in [-0.2, -0.15) is 0 Å². The van der Waals surface area contributed by atoms with E-state index in [4.69, 9.17) is 10.8 Å². The lowest BCUT2D eigenvalue weighted by Gasteiger charge is -2.18. The second-order valence-electron chi connectivity index (χ2n) is 4.71. The van der Waals surface area contributed by atoms with E-state index in [-0.39, 0.29) is 28.1 Å². The molecule has 4 N–H and O–H groups in total. The molecule has 0 fully saturated rings. The fourth-order valence-electron chi connectivity index (χ4n) is 1.37. The number of hydrogen-bond donors (Lipinski definition) is 3. The summed E-state index contributed by atoms with van der Waals surface area (Å²) in [7, 11) is -3.75. The Labute approximate surface area is 112 Å². The van der Waals surface area contributed by atoms with Gasteiger partial charge in [-0.1, -0.05) is 13.8 Å². The van der Waals surface area contributed by atoms with Crippen molar-refractivity contribution in [1.82, 2.24) is 4.72 Å². The zero-order valence-corrected chi connectivity index (χ0v) is 11.9. The van der Waals surface area contributed by atoms with E-state index < -0.39 is 16.0 Å². The SMILES string of the molecule is CC(C)C(C)NS(=O)(=O)c1ccc(C(=O)O)cc1N. The van der Waals surface area contributed by atoms with Crippen LogP contribution >= 0.6 is 0 Å². The Balaban J connectivity index is 3.12. The minimum absolute atomic E-state index is 0.0478. The Kier molecular flexibility index (Phi) is 4.54. The van der Waals surface area contributed by atoms with Gasteiger partial charge in [-0.15, -0.1) is 0 Å². The van der Waals surface area contributed by atoms with Crippen LogP contribution < -0.4 is 10.5 Å². The number of carboxylic acids is 1. The summed E-state index contributed by atoms with van der Waals surface area (Å²) in [5, 5.41) is 8.80. The molecule has 0 aliphatic heterocycles. The predicted molar refractivity (Wildman–Crippen MR) is 72.4 cm³/mol. The van der Waals surface area contributed by atoms with Crippen molar-refractivity contribution in [2.75, 3.05) is 5.73 Å². The highest BCUT2D eigenvalue weighted by Crippen LogP contribution is 2.20. The van der Waals surface area contributed by atoms with Crippen molar-refractivity contribution in [1.29, 1.82) is 0 Å². The normalized spacial score (nSPS) is 13.5. The molecule has 0 aromatic heterocycles. The number of nitrogen functional groups attached to an aromatic ring is 1. The molecule has 1 atom stereocenters. The minimum atomic E-state index is -3.75. The van der Waals surface area contributed by atoms with Gasteiger partial charge in [-0.25, -0.2) is 17.9 Å². The van der Waals surface area contributed by atoms with Crippen molar-refractivity contribution in [3.63, 3.8) is 0 Å². The smallest absolute Gasteiger partial charge is 0.335 e. The third kappa shape index (κ3) is 3.68. The first-order valence-electron chi connectivity index (χ1n) is 5.80. The van der Waals surface area contributed by atoms with Gasteiger partial charge < -0.3 is 10.8 Å². The van der Waals surface area contributed by atoms with E-state index >= 15 is 0 Å². The van der Waals surface area contributed by atoms with Gasteiger partial charge in [0.2, 0.25) is 10.0 Å². The lowest BCUT2D eigenvalue weighted by molar-refractivity contribution is 0.0697. The van der Waals surface area contributed by atoms with Crippen LogP contribution in [-0.4, -0.2) is 25.5 Å². The summed E-state index contributed by atoms with van der Waals surface area (Å²) in [5.74, 6) is -1.02. The highest BCUT2D eigenvalue weighted by atomic mass is 32.2. The van der Waals surface area contributed by atoms with Crippen molar-refractivity contribution >= 4 is 21.7 Å². The molecule has 19 heavy (non-hydrogen) atoms. The van der Waals surface area contributed by atoms with Gasteiger partial charge in [0.05, 0.1) is 11.3 Å². The second kappa shape index (κ2) is 5.58. The standard InChI is InChI=1S/C12H18N2O4S/c1-7(2)8(3)14-19(17,18)11-5-4-9(12(15)16)6-10(11)13/h4-8,14H,13H2,1-3H3,(H,15,16). The Morgan fingerprint density at radius 3 is 2.32 bits per heavy atom. The highest BCUT2D eigenvalue weighted by Gasteiger charge is 2.22. The Bertz CT molecular complexity index is 581. The van der Waals surface area contributed by atoms with Crippen LogP contribution in [0.5, 0.6) is 0 Å². The van der Waals surface area contributed by atoms with Crippen LogP contribution in [0.25, 0.3) is 0 Å². The molecule has 0 amide bonds. The third-order valence-corrected chi connectivity index (χ3v) is 4.52. The monoisotopic (exact) mass is 286 g/mol. The Morgan fingerprint density at radius 2 is 1.89 bits per heavy atom. The zero-order valence-electron chi connectivity index (χ0n) is 11.0. The molecule has 1 aromatic carbocycles. The van der Waals surface area contributed by atoms with Crippen molar-refractivity contribution < 1.29 is 18.3 Å². The Morgan fingerprint density at radius 1 is 1.32 bits per heavy atom. The van der Waals surface area contributed by atoms with Crippen molar-refractivity contribution in [2.45, 2.75) is 31.7 Å². The van der Waals surface area contributed by atoms with Gasteiger partial charge in [-0.05, 0) is 31.0 Å². The molecule has 0 saturated carbocycles. The Hall–Kier alpha value is -1.60. The van der Waals surface area contributed by atoms with Crippen molar-refractivity contribution in [3.8, 4) is 0 Å². The first-order valence-corrected chi connectivity index (χ1v) is 7.28. The van der Waals surface area contributed by atoms with Gasteiger partial charge >= 0.3 is 5.97 Å². The summed E-state index contributed by atoms with van der Waals surface area (Å²) in [5.41, 5.74) is 5.49. The maximum Gasteiger partial charge on any atom is 0.335 e. The van der Waals surface area contributed by atoms with Crippen LogP contribution in [0.3, 0.4) is 0 Å². The number of nitrogens with two attached hydrogens (primary N) is 1. The van der Waals surface area contributed by atoms with Gasteiger partial charge in [-0.3, -0.25) is 0 Å². The maximum absolute atomic E-state index is 12.1. The molecular formula is C12H18N2O4S. The number of aromatic carboxylic acids is 1. The average Bonchev–Trinajstić information content (AvgIpc) is 2.27. The van der Waals surface area contributed by atoms with Crippen LogP contribution in [0.4, 0.5) is 5.69 Å². The third-order valence-electron chi connectivity index (χ3n) is 2.89. The summed E-state index contributed by atoms with van der Waals surface area (Å²) in [6.45, 7) is 5.54. The van der Waals surface area contributed by atoms with E-state index in [0.717, 1.165) is 6.07 Å². The number of rotatable bonds is 5. The second-order valence-corrected chi connectivity index (χ2v) is 6.39. The van der Waals surface area contributed by atoms with Crippen LogP contribution in [0.2, 0.25) is 0 Å². The quantitative estimate of drug-likeness (QED) is 0.706. The number of sulfonamides is 1. The van der Waals surface area contributed by atoms with Crippen LogP contribution in [0.1, 0.15) is 31.1 Å². The lowest BCUT2D eigenvalue weighted by Crippen LogP contribution is -2.36. The van der Waals surface area contributed by atoms with E-state index in [1.807, 2.05) is 13.8 Å². The zero-order chi connectivity index (χ0) is 14.8. The molecule has 1 unspecified atom stereocenters. The summed E-state index contributed by atoms with van der Waals surface area (Å²) in [4.78, 5) is 10.7. The topological polar surface area (TPSA) is 109 Å². The van der Waals surface area contributed by atoms with Gasteiger partial charge in [0.15, 0.2) is 0 Å². The van der Waals surface area contributed by atoms with Crippen molar-refractivity contribution in [3.05, 3.63) is 23.8 Å². The van der Waals surface area contributed by atoms with Crippen molar-refractivity contribution in [2.24, 2.45) is 5.92 Å². The molecule has 6 nitrogen and oxygen atoms in total. The van der Waals surface area contributed by atoms with E-state index in [0.29, 0.717) is 0 Å². The molecule has 0 saturated heterocycles. The first-order chi connectivity index (χ1) is 8.65. The molecule has 0 aliphatic carbocycles. The van der Waals surface area contributed by atoms with E-state index in [9.17, 15) is 13.2 Å². The minimum Gasteiger partial charge on any atom is -0.478 e. The van der Waals surface area contributed by atoms with Crippen LogP contribution in [0.15, 0.2) is 23.1 Å². The molecule has 1 rings (SSSR count). The molecule has 0 radical (unpaired) electrons. The number of carboxylic acid groups (broad SMARTS) is 1. The number of carbonyl (C=O) groups is 1. The molecule has 0 heterocycles. The van der Waals surface area contributed by atoms with E-state index in [1.165, 1.54) is 12.1 Å². The van der Waals surface area contributed by atoms with E-state index in [1.54, 1.807) is 6.92 Å². The van der Waals surface area contributed by atoms with Crippen LogP contribution in [0, 0.1) is 5.92 Å². The fourth-order valence-corrected chi connectivity index (χ4v) is 2.88. The summed E-state index contributed by atoms with van der Waals surface area (Å²) in [6.07, 6.45) is 0.